The topological polar surface area (TPSA) is 54.7 Å². The molecule has 4 heteroatoms. The van der Waals surface area contributed by atoms with E-state index in [4.69, 9.17) is 4.52 Å². The Hall–Kier alpha value is -1.58. The minimum absolute atomic E-state index is 0.00877. The third kappa shape index (κ3) is 2.47. The van der Waals surface area contributed by atoms with Gasteiger partial charge >= 0.3 is 0 Å². The van der Waals surface area contributed by atoms with E-state index in [9.17, 15) is 0 Å². The van der Waals surface area contributed by atoms with Gasteiger partial charge in [0.1, 0.15) is 17.3 Å². The number of rotatable bonds is 1. The lowest BCUT2D eigenvalue weighted by Gasteiger charge is -2.13. The lowest BCUT2D eigenvalue weighted by molar-refractivity contribution is 0.330. The predicted molar refractivity (Wildman–Crippen MR) is 71.5 cm³/mol. The van der Waals surface area contributed by atoms with Crippen LogP contribution in [0, 0.1) is 0 Å². The van der Waals surface area contributed by atoms with Crippen molar-refractivity contribution in [3.8, 4) is 11.4 Å². The van der Waals surface area contributed by atoms with Crippen LogP contribution in [0.2, 0.25) is 0 Å². The molecule has 0 unspecified atom stereocenters. The van der Waals surface area contributed by atoms with E-state index < -0.39 is 0 Å². The van der Waals surface area contributed by atoms with Gasteiger partial charge in [-0.05, 0) is 0 Å². The monoisotopic (exact) mass is 247 g/mol. The maximum atomic E-state index is 5.38. The molecular formula is C14H21N3O. The van der Waals surface area contributed by atoms with E-state index in [-0.39, 0.29) is 10.8 Å². The molecule has 0 saturated carbocycles. The Kier molecular flexibility index (Phi) is 2.84. The van der Waals surface area contributed by atoms with E-state index in [0.29, 0.717) is 0 Å². The number of aromatic amines is 1. The van der Waals surface area contributed by atoms with Gasteiger partial charge in [-0.2, -0.15) is 0 Å². The fourth-order valence-corrected chi connectivity index (χ4v) is 1.59. The zero-order valence-electron chi connectivity index (χ0n) is 12.0. The van der Waals surface area contributed by atoms with Crippen LogP contribution in [0.25, 0.3) is 11.4 Å². The van der Waals surface area contributed by atoms with Crippen molar-refractivity contribution in [2.24, 2.45) is 0 Å². The molecule has 2 rings (SSSR count). The number of aromatic nitrogens is 3. The summed E-state index contributed by atoms with van der Waals surface area (Å²) in [6, 6.07) is 1.97. The van der Waals surface area contributed by atoms with Crippen molar-refractivity contribution < 1.29 is 4.52 Å². The first-order valence-electron chi connectivity index (χ1n) is 6.21. The van der Waals surface area contributed by atoms with Crippen molar-refractivity contribution in [3.05, 3.63) is 23.8 Å². The van der Waals surface area contributed by atoms with Crippen molar-refractivity contribution in [3.63, 3.8) is 0 Å². The van der Waals surface area contributed by atoms with Gasteiger partial charge in [-0.25, -0.2) is 4.98 Å². The third-order valence-electron chi connectivity index (χ3n) is 2.81. The molecule has 0 aliphatic carbocycles. The summed E-state index contributed by atoms with van der Waals surface area (Å²) in [5.41, 5.74) is 1.69. The highest BCUT2D eigenvalue weighted by molar-refractivity contribution is 5.53. The average molecular weight is 247 g/mol. The van der Waals surface area contributed by atoms with Crippen molar-refractivity contribution in [2.75, 3.05) is 0 Å². The maximum absolute atomic E-state index is 5.38. The van der Waals surface area contributed by atoms with E-state index in [2.05, 4.69) is 56.7 Å². The molecule has 0 aromatic carbocycles. The first-order chi connectivity index (χ1) is 8.18. The fourth-order valence-electron chi connectivity index (χ4n) is 1.59. The molecule has 2 heterocycles. The summed E-state index contributed by atoms with van der Waals surface area (Å²) in [7, 11) is 0. The Morgan fingerprint density at radius 1 is 1.06 bits per heavy atom. The van der Waals surface area contributed by atoms with Crippen LogP contribution in [0.5, 0.6) is 0 Å². The largest absolute Gasteiger partial charge is 0.360 e. The number of nitrogens with zero attached hydrogens (tertiary/aromatic N) is 2. The van der Waals surface area contributed by atoms with Crippen molar-refractivity contribution in [1.82, 2.24) is 15.1 Å². The van der Waals surface area contributed by atoms with Gasteiger partial charge in [-0.1, -0.05) is 46.7 Å². The Labute approximate surface area is 108 Å². The van der Waals surface area contributed by atoms with Crippen molar-refractivity contribution in [2.45, 2.75) is 52.4 Å². The summed E-state index contributed by atoms with van der Waals surface area (Å²) < 4.78 is 5.38. The van der Waals surface area contributed by atoms with Crippen LogP contribution in [0.3, 0.4) is 0 Å². The Balaban J connectivity index is 2.33. The summed E-state index contributed by atoms with van der Waals surface area (Å²) in [5, 5.41) is 4.10. The molecular weight excluding hydrogens is 226 g/mol. The summed E-state index contributed by atoms with van der Waals surface area (Å²) in [6.07, 6.45) is 1.81. The molecule has 0 aliphatic rings. The number of hydrogen-bond acceptors (Lipinski definition) is 3. The molecule has 0 bridgehead atoms. The standard InChI is InChI=1S/C14H21N3O/c1-13(2,3)11-7-9(17-18-11)10-8-15-12(16-10)14(4,5)6/h7-8H,1-6H3,(H,15,16). The van der Waals surface area contributed by atoms with E-state index in [1.807, 2.05) is 12.3 Å². The first kappa shape index (κ1) is 12.9. The molecule has 2 aromatic rings. The van der Waals surface area contributed by atoms with Gasteiger partial charge in [0.2, 0.25) is 0 Å². The Morgan fingerprint density at radius 3 is 2.17 bits per heavy atom. The molecule has 98 valence electrons. The van der Waals surface area contributed by atoms with Crippen LogP contribution in [0.4, 0.5) is 0 Å². The number of H-pyrrole nitrogens is 1. The molecule has 2 aromatic heterocycles. The normalized spacial score (nSPS) is 13.0. The number of nitrogens with one attached hydrogen (secondary N) is 1. The smallest absolute Gasteiger partial charge is 0.142 e. The molecule has 1 N–H and O–H groups in total. The van der Waals surface area contributed by atoms with E-state index >= 15 is 0 Å². The van der Waals surface area contributed by atoms with Gasteiger partial charge in [0, 0.05) is 16.9 Å². The SMILES string of the molecule is CC(C)(C)c1ncc(-c2cc(C(C)(C)C)on2)[nH]1. The van der Waals surface area contributed by atoms with Crippen LogP contribution in [0.1, 0.15) is 53.1 Å². The maximum Gasteiger partial charge on any atom is 0.142 e. The minimum atomic E-state index is -0.0296. The first-order valence-corrected chi connectivity index (χ1v) is 6.21. The molecule has 0 spiro atoms. The van der Waals surface area contributed by atoms with Gasteiger partial charge in [0.15, 0.2) is 0 Å². The van der Waals surface area contributed by atoms with Crippen LogP contribution in [0.15, 0.2) is 16.8 Å². The Morgan fingerprint density at radius 2 is 1.72 bits per heavy atom. The highest BCUT2D eigenvalue weighted by Crippen LogP contribution is 2.27. The third-order valence-corrected chi connectivity index (χ3v) is 2.81. The van der Waals surface area contributed by atoms with Crippen LogP contribution in [-0.4, -0.2) is 15.1 Å². The second-order valence-electron chi connectivity index (χ2n) is 6.72. The zero-order chi connectivity index (χ0) is 13.6. The lowest BCUT2D eigenvalue weighted by Crippen LogP contribution is -2.13. The fraction of sp³-hybridized carbons (Fsp3) is 0.571. The summed E-state index contributed by atoms with van der Waals surface area (Å²) >= 11 is 0. The molecule has 0 saturated heterocycles. The number of imidazole rings is 1. The summed E-state index contributed by atoms with van der Waals surface area (Å²) in [5.74, 6) is 1.84. The average Bonchev–Trinajstić information content (AvgIpc) is 2.84. The molecule has 0 fully saturated rings. The molecule has 0 aliphatic heterocycles. The second kappa shape index (κ2) is 3.97. The van der Waals surface area contributed by atoms with Crippen molar-refractivity contribution in [1.29, 1.82) is 0 Å². The molecule has 4 nitrogen and oxygen atoms in total. The van der Waals surface area contributed by atoms with Crippen LogP contribution >= 0.6 is 0 Å². The lowest BCUT2D eigenvalue weighted by atomic mass is 9.93. The van der Waals surface area contributed by atoms with Gasteiger partial charge < -0.3 is 9.51 Å². The van der Waals surface area contributed by atoms with Gasteiger partial charge in [-0.15, -0.1) is 0 Å². The zero-order valence-corrected chi connectivity index (χ0v) is 12.0. The summed E-state index contributed by atoms with van der Waals surface area (Å²) in [6.45, 7) is 12.7. The molecule has 0 radical (unpaired) electrons. The minimum Gasteiger partial charge on any atom is -0.360 e. The van der Waals surface area contributed by atoms with E-state index in [1.165, 1.54) is 0 Å². The molecule has 0 amide bonds. The van der Waals surface area contributed by atoms with Crippen LogP contribution < -0.4 is 0 Å². The van der Waals surface area contributed by atoms with E-state index in [0.717, 1.165) is 23.0 Å². The van der Waals surface area contributed by atoms with Gasteiger partial charge in [0.25, 0.3) is 0 Å². The van der Waals surface area contributed by atoms with Gasteiger partial charge in [-0.3, -0.25) is 0 Å². The van der Waals surface area contributed by atoms with Crippen LogP contribution in [-0.2, 0) is 10.8 Å². The van der Waals surface area contributed by atoms with Gasteiger partial charge in [0.05, 0.1) is 11.9 Å². The Bertz CT molecular complexity index is 488. The molecule has 0 atom stereocenters. The van der Waals surface area contributed by atoms with Crippen molar-refractivity contribution >= 4 is 0 Å². The predicted octanol–water partition coefficient (Wildman–Crippen LogP) is 3.66. The summed E-state index contributed by atoms with van der Waals surface area (Å²) in [4.78, 5) is 7.70. The quantitative estimate of drug-likeness (QED) is 0.836. The van der Waals surface area contributed by atoms with E-state index in [1.54, 1.807) is 0 Å². The highest BCUT2D eigenvalue weighted by Gasteiger charge is 2.22. The highest BCUT2D eigenvalue weighted by atomic mass is 16.5. The number of hydrogen-bond donors (Lipinski definition) is 1. The second-order valence-corrected chi connectivity index (χ2v) is 6.72. The molecule has 18 heavy (non-hydrogen) atoms.